The zero-order valence-electron chi connectivity index (χ0n) is 7.94. The van der Waals surface area contributed by atoms with Crippen LogP contribution < -0.4 is 0 Å². The van der Waals surface area contributed by atoms with Crippen LogP contribution in [0, 0.1) is 10.1 Å². The zero-order valence-corrected chi connectivity index (χ0v) is 8.70. The largest absolute Gasteiger partial charge is 0.272 e. The second-order valence-electron chi connectivity index (χ2n) is 3.10. The number of nitro groups is 1. The molecule has 0 radical (unpaired) electrons. The maximum Gasteiger partial charge on any atom is 0.272 e. The molecule has 1 atom stereocenters. The van der Waals surface area contributed by atoms with Crippen molar-refractivity contribution in [1.82, 2.24) is 0 Å². The van der Waals surface area contributed by atoms with Gasteiger partial charge < -0.3 is 0 Å². The van der Waals surface area contributed by atoms with Gasteiger partial charge in [-0.25, -0.2) is 0 Å². The summed E-state index contributed by atoms with van der Waals surface area (Å²) in [5, 5.41) is 10.6. The Bertz CT molecular complexity index is 328. The average molecular weight is 214 g/mol. The topological polar surface area (TPSA) is 43.1 Å². The van der Waals surface area contributed by atoms with E-state index in [0.717, 1.165) is 6.42 Å². The fourth-order valence-corrected chi connectivity index (χ4v) is 1.41. The van der Waals surface area contributed by atoms with Crippen molar-refractivity contribution in [3.63, 3.8) is 0 Å². The van der Waals surface area contributed by atoms with E-state index in [1.165, 1.54) is 6.07 Å². The molecule has 0 aliphatic carbocycles. The van der Waals surface area contributed by atoms with Crippen molar-refractivity contribution < 1.29 is 4.92 Å². The van der Waals surface area contributed by atoms with E-state index in [2.05, 4.69) is 0 Å². The first-order valence-corrected chi connectivity index (χ1v) is 4.95. The summed E-state index contributed by atoms with van der Waals surface area (Å²) in [7, 11) is 0. The zero-order chi connectivity index (χ0) is 10.6. The molecule has 76 valence electrons. The molecule has 0 spiro atoms. The molecule has 0 fully saturated rings. The number of rotatable bonds is 4. The molecule has 4 heteroatoms. The first kappa shape index (κ1) is 11.0. The number of benzene rings is 1. The van der Waals surface area contributed by atoms with Crippen molar-refractivity contribution in [2.75, 3.05) is 0 Å². The molecule has 0 amide bonds. The summed E-state index contributed by atoms with van der Waals surface area (Å²) in [4.78, 5) is 10.3. The van der Waals surface area contributed by atoms with Crippen LogP contribution in [0.3, 0.4) is 0 Å². The summed E-state index contributed by atoms with van der Waals surface area (Å²) < 4.78 is 0. The fraction of sp³-hybridized carbons (Fsp3) is 0.400. The Labute approximate surface area is 87.8 Å². The summed E-state index contributed by atoms with van der Waals surface area (Å²) >= 11 is 5.95. The van der Waals surface area contributed by atoms with Gasteiger partial charge in [0.05, 0.1) is 4.92 Å². The highest BCUT2D eigenvalue weighted by molar-refractivity contribution is 6.20. The second kappa shape index (κ2) is 4.96. The summed E-state index contributed by atoms with van der Waals surface area (Å²) in [5.41, 5.74) is 0.867. The number of hydrogen-bond acceptors (Lipinski definition) is 2. The molecular weight excluding hydrogens is 202 g/mol. The Morgan fingerprint density at radius 1 is 1.50 bits per heavy atom. The minimum atomic E-state index is -0.366. The van der Waals surface area contributed by atoms with Gasteiger partial charge in [-0.2, -0.15) is 0 Å². The molecule has 0 heterocycles. The quantitative estimate of drug-likeness (QED) is 0.438. The van der Waals surface area contributed by atoms with Crippen molar-refractivity contribution in [2.24, 2.45) is 0 Å². The van der Waals surface area contributed by atoms with Crippen LogP contribution in [0.1, 0.15) is 18.9 Å². The van der Waals surface area contributed by atoms with Crippen molar-refractivity contribution >= 4 is 17.3 Å². The molecule has 0 saturated carbocycles. The molecule has 1 rings (SSSR count). The normalized spacial score (nSPS) is 12.4. The third kappa shape index (κ3) is 2.70. The fourth-order valence-electron chi connectivity index (χ4n) is 1.24. The van der Waals surface area contributed by atoms with Crippen LogP contribution in [-0.2, 0) is 6.42 Å². The van der Waals surface area contributed by atoms with Gasteiger partial charge in [0.1, 0.15) is 0 Å². The van der Waals surface area contributed by atoms with Gasteiger partial charge >= 0.3 is 0 Å². The van der Waals surface area contributed by atoms with Crippen LogP contribution in [0.15, 0.2) is 24.3 Å². The Morgan fingerprint density at radius 3 is 2.71 bits per heavy atom. The Kier molecular flexibility index (Phi) is 3.89. The molecule has 0 aliphatic rings. The lowest BCUT2D eigenvalue weighted by atomic mass is 10.1. The van der Waals surface area contributed by atoms with Crippen LogP contribution >= 0.6 is 11.6 Å². The highest BCUT2D eigenvalue weighted by Gasteiger charge is 2.14. The molecule has 1 aromatic rings. The highest BCUT2D eigenvalue weighted by Crippen LogP contribution is 2.21. The number of hydrogen-bond donors (Lipinski definition) is 0. The monoisotopic (exact) mass is 213 g/mol. The lowest BCUT2D eigenvalue weighted by molar-refractivity contribution is -0.385. The van der Waals surface area contributed by atoms with Gasteiger partial charge in [-0.15, -0.1) is 11.6 Å². The summed E-state index contributed by atoms with van der Waals surface area (Å²) in [6.07, 6.45) is 1.36. The van der Waals surface area contributed by atoms with E-state index in [0.29, 0.717) is 12.0 Å². The predicted molar refractivity (Wildman–Crippen MR) is 56.7 cm³/mol. The number of halogens is 1. The van der Waals surface area contributed by atoms with Gasteiger partial charge in [-0.05, 0) is 12.8 Å². The molecule has 0 aliphatic heterocycles. The molecule has 1 unspecified atom stereocenters. The minimum absolute atomic E-state index is 0.0314. The van der Waals surface area contributed by atoms with Gasteiger partial charge in [0, 0.05) is 17.0 Å². The van der Waals surface area contributed by atoms with Crippen LogP contribution in [0.4, 0.5) is 5.69 Å². The van der Waals surface area contributed by atoms with E-state index < -0.39 is 0 Å². The Balaban J connectivity index is 2.90. The lowest BCUT2D eigenvalue weighted by Crippen LogP contribution is -2.04. The van der Waals surface area contributed by atoms with Gasteiger partial charge in [-0.1, -0.05) is 25.1 Å². The maximum atomic E-state index is 10.7. The summed E-state index contributed by atoms with van der Waals surface area (Å²) in [6.45, 7) is 1.96. The molecule has 0 aromatic heterocycles. The molecule has 0 saturated heterocycles. The van der Waals surface area contributed by atoms with Gasteiger partial charge in [0.25, 0.3) is 5.69 Å². The molecular formula is C10H12ClNO2. The van der Waals surface area contributed by atoms with E-state index in [4.69, 9.17) is 11.6 Å². The van der Waals surface area contributed by atoms with Crippen molar-refractivity contribution in [3.05, 3.63) is 39.9 Å². The van der Waals surface area contributed by atoms with E-state index in [1.54, 1.807) is 18.2 Å². The lowest BCUT2D eigenvalue weighted by Gasteiger charge is -2.06. The summed E-state index contributed by atoms with van der Waals surface area (Å²) in [6, 6.07) is 6.72. The minimum Gasteiger partial charge on any atom is -0.258 e. The van der Waals surface area contributed by atoms with E-state index in [9.17, 15) is 10.1 Å². The van der Waals surface area contributed by atoms with Gasteiger partial charge in [-0.3, -0.25) is 10.1 Å². The Hall–Kier alpha value is -1.09. The predicted octanol–water partition coefficient (Wildman–Crippen LogP) is 3.15. The van der Waals surface area contributed by atoms with E-state index in [1.807, 2.05) is 6.92 Å². The smallest absolute Gasteiger partial charge is 0.258 e. The van der Waals surface area contributed by atoms with Crippen LogP contribution in [0.5, 0.6) is 0 Å². The Morgan fingerprint density at radius 2 is 2.14 bits per heavy atom. The van der Waals surface area contributed by atoms with Crippen molar-refractivity contribution in [1.29, 1.82) is 0 Å². The molecule has 0 N–H and O–H groups in total. The second-order valence-corrected chi connectivity index (χ2v) is 3.71. The van der Waals surface area contributed by atoms with Crippen LogP contribution in [-0.4, -0.2) is 10.3 Å². The highest BCUT2D eigenvalue weighted by atomic mass is 35.5. The average Bonchev–Trinajstić information content (AvgIpc) is 2.18. The van der Waals surface area contributed by atoms with Crippen molar-refractivity contribution in [3.8, 4) is 0 Å². The molecule has 0 bridgehead atoms. The SMILES string of the molecule is CCC(Cl)Cc1ccccc1[N+](=O)[O-]. The van der Waals surface area contributed by atoms with Crippen LogP contribution in [0.25, 0.3) is 0 Å². The number of nitrogens with zero attached hydrogens (tertiary/aromatic N) is 1. The van der Waals surface area contributed by atoms with Gasteiger partial charge in [0.2, 0.25) is 0 Å². The first-order chi connectivity index (χ1) is 6.65. The molecule has 1 aromatic carbocycles. The van der Waals surface area contributed by atoms with Crippen molar-refractivity contribution in [2.45, 2.75) is 25.1 Å². The maximum absolute atomic E-state index is 10.7. The summed E-state index contributed by atoms with van der Waals surface area (Å²) in [5.74, 6) is 0. The van der Waals surface area contributed by atoms with E-state index in [-0.39, 0.29) is 16.0 Å². The van der Waals surface area contributed by atoms with Gasteiger partial charge in [0.15, 0.2) is 0 Å². The third-order valence-electron chi connectivity index (χ3n) is 2.07. The number of nitro benzene ring substituents is 1. The first-order valence-electron chi connectivity index (χ1n) is 4.51. The number of para-hydroxylation sites is 1. The third-order valence-corrected chi connectivity index (χ3v) is 2.54. The molecule has 3 nitrogen and oxygen atoms in total. The van der Waals surface area contributed by atoms with E-state index >= 15 is 0 Å². The van der Waals surface area contributed by atoms with Crippen LogP contribution in [0.2, 0.25) is 0 Å². The standard InChI is InChI=1S/C10H12ClNO2/c1-2-9(11)7-8-5-3-4-6-10(8)12(13)14/h3-6,9H,2,7H2,1H3. The molecule has 14 heavy (non-hydrogen) atoms. The number of alkyl halides is 1.